The van der Waals surface area contributed by atoms with Gasteiger partial charge in [-0.2, -0.15) is 0 Å². The summed E-state index contributed by atoms with van der Waals surface area (Å²) in [5.74, 6) is 0. The zero-order chi connectivity index (χ0) is 11.0. The summed E-state index contributed by atoms with van der Waals surface area (Å²) in [7, 11) is 0. The van der Waals surface area contributed by atoms with E-state index in [1.54, 1.807) is 6.20 Å². The Balaban J connectivity index is 2.11. The van der Waals surface area contributed by atoms with Gasteiger partial charge in [-0.3, -0.25) is 0 Å². The van der Waals surface area contributed by atoms with Crippen molar-refractivity contribution in [3.63, 3.8) is 0 Å². The van der Waals surface area contributed by atoms with E-state index in [2.05, 4.69) is 27.4 Å². The molecule has 2 N–H and O–H groups in total. The molecule has 3 nitrogen and oxygen atoms in total. The molecule has 1 aliphatic rings. The lowest BCUT2D eigenvalue weighted by molar-refractivity contribution is 0.737. The topological polar surface area (TPSA) is 40.7 Å². The van der Waals surface area contributed by atoms with Crippen LogP contribution in [0, 0.1) is 0 Å². The zero-order valence-corrected chi connectivity index (χ0v) is 9.51. The number of aromatic nitrogens is 2. The smallest absolute Gasteiger partial charge is 0.139 e. The zero-order valence-electron chi connectivity index (χ0n) is 8.76. The standard InChI is InChI=1S/C12H12ClN3/c13-10-3-6-15-12-9(10)7-11(16-12)8-1-4-14-5-2-8/h1,3,6-7,14H,2,4-5H2,(H,15,16). The molecule has 0 aromatic carbocycles. The van der Waals surface area contributed by atoms with E-state index in [4.69, 9.17) is 11.6 Å². The molecule has 0 spiro atoms. The van der Waals surface area contributed by atoms with Gasteiger partial charge in [0.25, 0.3) is 0 Å². The number of hydrogen-bond acceptors (Lipinski definition) is 2. The summed E-state index contributed by atoms with van der Waals surface area (Å²) in [5.41, 5.74) is 3.34. The van der Waals surface area contributed by atoms with Crippen LogP contribution in [0.1, 0.15) is 12.1 Å². The third-order valence-corrected chi connectivity index (χ3v) is 3.22. The molecule has 82 valence electrons. The van der Waals surface area contributed by atoms with Gasteiger partial charge in [0.1, 0.15) is 5.65 Å². The summed E-state index contributed by atoms with van der Waals surface area (Å²) in [6.45, 7) is 1.97. The molecule has 3 rings (SSSR count). The fourth-order valence-corrected chi connectivity index (χ4v) is 2.24. The largest absolute Gasteiger partial charge is 0.339 e. The van der Waals surface area contributed by atoms with Crippen LogP contribution in [0.5, 0.6) is 0 Å². The van der Waals surface area contributed by atoms with Crippen LogP contribution in [0.4, 0.5) is 0 Å². The Morgan fingerprint density at radius 1 is 1.38 bits per heavy atom. The molecule has 1 aliphatic heterocycles. The monoisotopic (exact) mass is 233 g/mol. The lowest BCUT2D eigenvalue weighted by Gasteiger charge is -2.12. The average molecular weight is 234 g/mol. The number of fused-ring (bicyclic) bond motifs is 1. The van der Waals surface area contributed by atoms with Gasteiger partial charge in [-0.25, -0.2) is 4.98 Å². The van der Waals surface area contributed by atoms with E-state index < -0.39 is 0 Å². The second-order valence-electron chi connectivity index (χ2n) is 3.92. The van der Waals surface area contributed by atoms with Gasteiger partial charge in [0, 0.05) is 23.8 Å². The Kier molecular flexibility index (Phi) is 2.42. The van der Waals surface area contributed by atoms with Crippen LogP contribution in [-0.2, 0) is 0 Å². The van der Waals surface area contributed by atoms with E-state index in [0.717, 1.165) is 41.3 Å². The quantitative estimate of drug-likeness (QED) is 0.795. The van der Waals surface area contributed by atoms with Gasteiger partial charge in [-0.05, 0) is 30.7 Å². The third-order valence-electron chi connectivity index (χ3n) is 2.89. The van der Waals surface area contributed by atoms with Crippen molar-refractivity contribution in [3.05, 3.63) is 35.1 Å². The molecule has 0 saturated heterocycles. The predicted molar refractivity (Wildman–Crippen MR) is 66.6 cm³/mol. The van der Waals surface area contributed by atoms with E-state index in [9.17, 15) is 0 Å². The van der Waals surface area contributed by atoms with Crippen molar-refractivity contribution in [3.8, 4) is 0 Å². The summed E-state index contributed by atoms with van der Waals surface area (Å²) in [4.78, 5) is 7.59. The van der Waals surface area contributed by atoms with Crippen LogP contribution in [0.2, 0.25) is 5.02 Å². The van der Waals surface area contributed by atoms with Crippen LogP contribution < -0.4 is 5.32 Å². The molecule has 4 heteroatoms. The molecule has 0 aliphatic carbocycles. The maximum absolute atomic E-state index is 6.12. The molecular weight excluding hydrogens is 222 g/mol. The minimum absolute atomic E-state index is 0.752. The summed E-state index contributed by atoms with van der Waals surface area (Å²) in [6.07, 6.45) is 4.98. The van der Waals surface area contributed by atoms with Gasteiger partial charge in [0.05, 0.1) is 5.02 Å². The number of halogens is 1. The van der Waals surface area contributed by atoms with Crippen molar-refractivity contribution in [1.82, 2.24) is 15.3 Å². The number of hydrogen-bond donors (Lipinski definition) is 2. The molecule has 0 fully saturated rings. The SMILES string of the molecule is Clc1ccnc2[nH]c(C3=CCNCC3)cc12. The minimum atomic E-state index is 0.752. The van der Waals surface area contributed by atoms with Crippen molar-refractivity contribution >= 4 is 28.2 Å². The number of pyridine rings is 1. The highest BCUT2D eigenvalue weighted by Crippen LogP contribution is 2.27. The van der Waals surface area contributed by atoms with E-state index in [1.165, 1.54) is 5.57 Å². The normalized spacial score (nSPS) is 16.4. The molecular formula is C12H12ClN3. The Morgan fingerprint density at radius 2 is 2.31 bits per heavy atom. The van der Waals surface area contributed by atoms with E-state index in [-0.39, 0.29) is 0 Å². The lowest BCUT2D eigenvalue weighted by Crippen LogP contribution is -2.20. The molecule has 16 heavy (non-hydrogen) atoms. The summed E-state index contributed by atoms with van der Waals surface area (Å²) >= 11 is 6.12. The highest BCUT2D eigenvalue weighted by Gasteiger charge is 2.10. The fraction of sp³-hybridized carbons (Fsp3) is 0.250. The Morgan fingerprint density at radius 3 is 3.06 bits per heavy atom. The maximum atomic E-state index is 6.12. The molecule has 2 aromatic rings. The lowest BCUT2D eigenvalue weighted by atomic mass is 10.1. The molecule has 3 heterocycles. The molecule has 2 aromatic heterocycles. The first-order valence-electron chi connectivity index (χ1n) is 5.38. The van der Waals surface area contributed by atoms with Gasteiger partial charge in [-0.15, -0.1) is 0 Å². The second kappa shape index (κ2) is 3.92. The number of H-pyrrole nitrogens is 1. The van der Waals surface area contributed by atoms with Gasteiger partial charge in [0.2, 0.25) is 0 Å². The Hall–Kier alpha value is -1.32. The molecule has 0 atom stereocenters. The molecule has 0 amide bonds. The summed E-state index contributed by atoms with van der Waals surface area (Å²) in [5, 5.41) is 5.05. The van der Waals surface area contributed by atoms with Gasteiger partial charge >= 0.3 is 0 Å². The van der Waals surface area contributed by atoms with Crippen molar-refractivity contribution in [2.45, 2.75) is 6.42 Å². The van der Waals surface area contributed by atoms with Crippen molar-refractivity contribution < 1.29 is 0 Å². The van der Waals surface area contributed by atoms with Crippen molar-refractivity contribution in [2.24, 2.45) is 0 Å². The van der Waals surface area contributed by atoms with E-state index in [1.807, 2.05) is 6.07 Å². The summed E-state index contributed by atoms with van der Waals surface area (Å²) in [6, 6.07) is 3.90. The summed E-state index contributed by atoms with van der Waals surface area (Å²) < 4.78 is 0. The molecule has 0 unspecified atom stereocenters. The highest BCUT2D eigenvalue weighted by atomic mass is 35.5. The number of rotatable bonds is 1. The van der Waals surface area contributed by atoms with Crippen molar-refractivity contribution in [2.75, 3.05) is 13.1 Å². The molecule has 0 saturated carbocycles. The first kappa shape index (κ1) is 9.87. The third kappa shape index (κ3) is 1.62. The van der Waals surface area contributed by atoms with Gasteiger partial charge in [-0.1, -0.05) is 17.7 Å². The van der Waals surface area contributed by atoms with Crippen molar-refractivity contribution in [1.29, 1.82) is 0 Å². The first-order chi connectivity index (χ1) is 7.84. The second-order valence-corrected chi connectivity index (χ2v) is 4.33. The predicted octanol–water partition coefficient (Wildman–Crippen LogP) is 2.59. The number of nitrogens with one attached hydrogen (secondary N) is 2. The first-order valence-corrected chi connectivity index (χ1v) is 5.76. The average Bonchev–Trinajstić information content (AvgIpc) is 2.76. The Labute approximate surface area is 98.5 Å². The fourth-order valence-electron chi connectivity index (χ4n) is 2.03. The molecule has 0 radical (unpaired) electrons. The molecule has 0 bridgehead atoms. The van der Waals surface area contributed by atoms with Gasteiger partial charge in [0.15, 0.2) is 0 Å². The van der Waals surface area contributed by atoms with E-state index in [0.29, 0.717) is 0 Å². The minimum Gasteiger partial charge on any atom is -0.339 e. The van der Waals surface area contributed by atoms with Crippen LogP contribution in [-0.4, -0.2) is 23.1 Å². The van der Waals surface area contributed by atoms with Crippen LogP contribution >= 0.6 is 11.6 Å². The number of aromatic amines is 1. The van der Waals surface area contributed by atoms with Crippen LogP contribution in [0.3, 0.4) is 0 Å². The maximum Gasteiger partial charge on any atom is 0.139 e. The van der Waals surface area contributed by atoms with Gasteiger partial charge < -0.3 is 10.3 Å². The highest BCUT2D eigenvalue weighted by molar-refractivity contribution is 6.35. The van der Waals surface area contributed by atoms with Crippen LogP contribution in [0.15, 0.2) is 24.4 Å². The number of nitrogens with zero attached hydrogens (tertiary/aromatic N) is 1. The Bertz CT molecular complexity index is 556. The van der Waals surface area contributed by atoms with E-state index >= 15 is 0 Å². The van der Waals surface area contributed by atoms with Crippen LogP contribution in [0.25, 0.3) is 16.6 Å².